The molecule has 0 bridgehead atoms. The Labute approximate surface area is 136 Å². The third-order valence-corrected chi connectivity index (χ3v) is 3.57. The zero-order chi connectivity index (χ0) is 16.9. The molecule has 0 aliphatic heterocycles. The summed E-state index contributed by atoms with van der Waals surface area (Å²) in [4.78, 5) is 12.2. The van der Waals surface area contributed by atoms with E-state index in [1.54, 1.807) is 20.3 Å². The van der Waals surface area contributed by atoms with Crippen molar-refractivity contribution in [2.45, 2.75) is 19.4 Å². The number of anilines is 1. The van der Waals surface area contributed by atoms with E-state index in [0.717, 1.165) is 11.3 Å². The molecule has 0 atom stereocenters. The number of urea groups is 1. The van der Waals surface area contributed by atoms with Crippen molar-refractivity contribution in [1.82, 2.24) is 5.32 Å². The Balaban J connectivity index is 2.04. The molecule has 0 spiro atoms. The van der Waals surface area contributed by atoms with Gasteiger partial charge in [0.1, 0.15) is 11.5 Å². The molecule has 2 N–H and O–H groups in total. The van der Waals surface area contributed by atoms with E-state index in [4.69, 9.17) is 9.47 Å². The van der Waals surface area contributed by atoms with Crippen molar-refractivity contribution < 1.29 is 14.3 Å². The number of amides is 2. The topological polar surface area (TPSA) is 59.6 Å². The maximum atomic E-state index is 12.2. The lowest BCUT2D eigenvalue weighted by molar-refractivity contribution is 0.242. The van der Waals surface area contributed by atoms with Crippen molar-refractivity contribution in [2.24, 2.45) is 0 Å². The van der Waals surface area contributed by atoms with Crippen LogP contribution in [0.5, 0.6) is 11.5 Å². The van der Waals surface area contributed by atoms with Crippen LogP contribution in [0.25, 0.3) is 0 Å². The largest absolute Gasteiger partial charge is 0.497 e. The molecule has 0 aliphatic rings. The molecule has 0 saturated heterocycles. The van der Waals surface area contributed by atoms with Gasteiger partial charge in [-0.15, -0.1) is 0 Å². The van der Waals surface area contributed by atoms with Gasteiger partial charge in [0.05, 0.1) is 19.8 Å². The van der Waals surface area contributed by atoms with Crippen LogP contribution in [0, 0.1) is 0 Å². The fourth-order valence-electron chi connectivity index (χ4n) is 2.23. The predicted molar refractivity (Wildman–Crippen MR) is 91.2 cm³/mol. The maximum absolute atomic E-state index is 12.2. The molecule has 0 aliphatic carbocycles. The number of benzene rings is 2. The number of rotatable bonds is 5. The van der Waals surface area contributed by atoms with Crippen molar-refractivity contribution in [3.8, 4) is 11.5 Å². The minimum atomic E-state index is -0.519. The highest BCUT2D eigenvalue weighted by Gasteiger charge is 2.22. The van der Waals surface area contributed by atoms with Crippen LogP contribution in [0.1, 0.15) is 19.4 Å². The van der Waals surface area contributed by atoms with E-state index in [1.165, 1.54) is 0 Å². The summed E-state index contributed by atoms with van der Waals surface area (Å²) < 4.78 is 10.3. The van der Waals surface area contributed by atoms with E-state index in [1.807, 2.05) is 56.3 Å². The van der Waals surface area contributed by atoms with E-state index in [9.17, 15) is 4.79 Å². The van der Waals surface area contributed by atoms with Crippen molar-refractivity contribution in [2.75, 3.05) is 19.5 Å². The summed E-state index contributed by atoms with van der Waals surface area (Å²) in [6.45, 7) is 3.89. The van der Waals surface area contributed by atoms with Crippen LogP contribution in [-0.4, -0.2) is 20.3 Å². The van der Waals surface area contributed by atoms with Crippen LogP contribution in [0.15, 0.2) is 48.5 Å². The first-order valence-electron chi connectivity index (χ1n) is 7.32. The summed E-state index contributed by atoms with van der Waals surface area (Å²) in [6, 6.07) is 14.6. The highest BCUT2D eigenvalue weighted by atomic mass is 16.5. The molecule has 2 rings (SSSR count). The van der Waals surface area contributed by atoms with Crippen molar-refractivity contribution >= 4 is 11.7 Å². The Morgan fingerprint density at radius 3 is 2.22 bits per heavy atom. The monoisotopic (exact) mass is 314 g/mol. The average molecular weight is 314 g/mol. The van der Waals surface area contributed by atoms with Crippen LogP contribution < -0.4 is 20.1 Å². The smallest absolute Gasteiger partial charge is 0.319 e. The first-order valence-corrected chi connectivity index (χ1v) is 7.32. The fourth-order valence-corrected chi connectivity index (χ4v) is 2.23. The molecule has 0 aromatic heterocycles. The first-order chi connectivity index (χ1) is 10.9. The third-order valence-electron chi connectivity index (χ3n) is 3.57. The van der Waals surface area contributed by atoms with Crippen LogP contribution in [0.4, 0.5) is 10.5 Å². The first kappa shape index (κ1) is 16.7. The SMILES string of the molecule is COc1ccc(C(C)(C)NC(=O)Nc2cccc(OC)c2)cc1. The van der Waals surface area contributed by atoms with Crippen LogP contribution in [-0.2, 0) is 5.54 Å². The lowest BCUT2D eigenvalue weighted by atomic mass is 9.94. The van der Waals surface area contributed by atoms with Crippen molar-refractivity contribution in [3.63, 3.8) is 0 Å². The highest BCUT2D eigenvalue weighted by molar-refractivity contribution is 5.90. The van der Waals surface area contributed by atoms with Crippen LogP contribution in [0.3, 0.4) is 0 Å². The Morgan fingerprint density at radius 2 is 1.61 bits per heavy atom. The molecule has 122 valence electrons. The quantitative estimate of drug-likeness (QED) is 0.883. The molecule has 2 aromatic carbocycles. The lowest BCUT2D eigenvalue weighted by Crippen LogP contribution is -2.43. The summed E-state index contributed by atoms with van der Waals surface area (Å²) in [5.74, 6) is 1.47. The number of hydrogen-bond acceptors (Lipinski definition) is 3. The Morgan fingerprint density at radius 1 is 0.957 bits per heavy atom. The Hall–Kier alpha value is -2.69. The zero-order valence-corrected chi connectivity index (χ0v) is 13.8. The maximum Gasteiger partial charge on any atom is 0.319 e. The number of nitrogens with one attached hydrogen (secondary N) is 2. The van der Waals surface area contributed by atoms with Crippen molar-refractivity contribution in [1.29, 1.82) is 0 Å². The molecule has 2 aromatic rings. The lowest BCUT2D eigenvalue weighted by Gasteiger charge is -2.27. The van der Waals surface area contributed by atoms with E-state index in [-0.39, 0.29) is 6.03 Å². The standard InChI is InChI=1S/C18H22N2O3/c1-18(2,13-8-10-15(22-3)11-9-13)20-17(21)19-14-6-5-7-16(12-14)23-4/h5-12H,1-4H3,(H2,19,20,21). The second-order valence-electron chi connectivity index (χ2n) is 5.66. The zero-order valence-electron chi connectivity index (χ0n) is 13.8. The normalized spacial score (nSPS) is 10.8. The van der Waals surface area contributed by atoms with E-state index < -0.39 is 5.54 Å². The molecule has 0 fully saturated rings. The van der Waals surface area contributed by atoms with Gasteiger partial charge >= 0.3 is 6.03 Å². The van der Waals surface area contributed by atoms with E-state index in [2.05, 4.69) is 10.6 Å². The third kappa shape index (κ3) is 4.39. The molecular formula is C18H22N2O3. The molecule has 5 nitrogen and oxygen atoms in total. The van der Waals surface area contributed by atoms with Gasteiger partial charge in [0, 0.05) is 11.8 Å². The van der Waals surface area contributed by atoms with E-state index in [0.29, 0.717) is 11.4 Å². The molecule has 0 heterocycles. The van der Waals surface area contributed by atoms with E-state index >= 15 is 0 Å². The molecule has 5 heteroatoms. The fraction of sp³-hybridized carbons (Fsp3) is 0.278. The molecular weight excluding hydrogens is 292 g/mol. The van der Waals surface area contributed by atoms with Gasteiger partial charge in [-0.2, -0.15) is 0 Å². The average Bonchev–Trinajstić information content (AvgIpc) is 2.54. The summed E-state index contributed by atoms with van der Waals surface area (Å²) in [5.41, 5.74) is 1.14. The van der Waals surface area contributed by atoms with Gasteiger partial charge in [0.15, 0.2) is 0 Å². The van der Waals surface area contributed by atoms with Crippen LogP contribution >= 0.6 is 0 Å². The molecule has 2 amide bonds. The number of carbonyl (C=O) groups excluding carboxylic acids is 1. The second-order valence-corrected chi connectivity index (χ2v) is 5.66. The van der Waals surface area contributed by atoms with Gasteiger partial charge in [0.25, 0.3) is 0 Å². The van der Waals surface area contributed by atoms with Gasteiger partial charge in [-0.05, 0) is 43.7 Å². The number of hydrogen-bond donors (Lipinski definition) is 2. The predicted octanol–water partition coefficient (Wildman–Crippen LogP) is 3.76. The second kappa shape index (κ2) is 7.05. The molecule has 23 heavy (non-hydrogen) atoms. The van der Waals surface area contributed by atoms with Gasteiger partial charge < -0.3 is 20.1 Å². The molecule has 0 saturated carbocycles. The summed E-state index contributed by atoms with van der Waals surface area (Å²) in [7, 11) is 3.21. The summed E-state index contributed by atoms with van der Waals surface area (Å²) in [6.07, 6.45) is 0. The van der Waals surface area contributed by atoms with Gasteiger partial charge in [-0.1, -0.05) is 18.2 Å². The number of ether oxygens (including phenoxy) is 2. The van der Waals surface area contributed by atoms with Crippen LogP contribution in [0.2, 0.25) is 0 Å². The van der Waals surface area contributed by atoms with Gasteiger partial charge in [0.2, 0.25) is 0 Å². The van der Waals surface area contributed by atoms with Crippen molar-refractivity contribution in [3.05, 3.63) is 54.1 Å². The summed E-state index contributed by atoms with van der Waals surface area (Å²) >= 11 is 0. The number of methoxy groups -OCH3 is 2. The molecule has 0 unspecified atom stereocenters. The van der Waals surface area contributed by atoms with Gasteiger partial charge in [-0.25, -0.2) is 4.79 Å². The molecule has 0 radical (unpaired) electrons. The Bertz CT molecular complexity index is 666. The minimum absolute atomic E-state index is 0.279. The van der Waals surface area contributed by atoms with Gasteiger partial charge in [-0.3, -0.25) is 0 Å². The minimum Gasteiger partial charge on any atom is -0.497 e. The number of carbonyl (C=O) groups is 1. The summed E-state index contributed by atoms with van der Waals surface area (Å²) in [5, 5.41) is 5.77. The Kier molecular flexibility index (Phi) is 5.11. The highest BCUT2D eigenvalue weighted by Crippen LogP contribution is 2.23.